The SMILES string of the molecule is CC(C)OC(=O)CCCCNCCCN(C)C. The molecule has 0 bridgehead atoms. The fourth-order valence-corrected chi connectivity index (χ4v) is 1.49. The van der Waals surface area contributed by atoms with E-state index in [1.165, 1.54) is 6.42 Å². The predicted octanol–water partition coefficient (Wildman–Crippen LogP) is 1.65. The van der Waals surface area contributed by atoms with Gasteiger partial charge in [-0.05, 0) is 66.8 Å². The molecule has 0 spiro atoms. The van der Waals surface area contributed by atoms with Crippen LogP contribution in [0.4, 0.5) is 0 Å². The van der Waals surface area contributed by atoms with Crippen molar-refractivity contribution < 1.29 is 9.53 Å². The van der Waals surface area contributed by atoms with E-state index in [0.29, 0.717) is 6.42 Å². The lowest BCUT2D eigenvalue weighted by Gasteiger charge is -2.10. The van der Waals surface area contributed by atoms with Crippen molar-refractivity contribution in [2.75, 3.05) is 33.7 Å². The van der Waals surface area contributed by atoms with Crippen molar-refractivity contribution >= 4 is 5.97 Å². The molecule has 0 radical (unpaired) electrons. The average molecular weight is 244 g/mol. The summed E-state index contributed by atoms with van der Waals surface area (Å²) in [5, 5.41) is 3.38. The molecule has 0 unspecified atom stereocenters. The van der Waals surface area contributed by atoms with Crippen LogP contribution in [0.3, 0.4) is 0 Å². The number of hydrogen-bond donors (Lipinski definition) is 1. The van der Waals surface area contributed by atoms with Crippen LogP contribution in [0, 0.1) is 0 Å². The molecule has 0 aromatic rings. The maximum Gasteiger partial charge on any atom is 0.306 e. The molecule has 17 heavy (non-hydrogen) atoms. The Balaban J connectivity index is 3.16. The molecule has 0 aromatic carbocycles. The zero-order valence-corrected chi connectivity index (χ0v) is 11.8. The minimum atomic E-state index is -0.0763. The normalized spacial score (nSPS) is 11.2. The molecule has 0 saturated heterocycles. The fraction of sp³-hybridized carbons (Fsp3) is 0.923. The van der Waals surface area contributed by atoms with E-state index in [1.54, 1.807) is 0 Å². The number of carbonyl (C=O) groups is 1. The quantitative estimate of drug-likeness (QED) is 0.469. The zero-order valence-electron chi connectivity index (χ0n) is 11.8. The van der Waals surface area contributed by atoms with Gasteiger partial charge in [-0.15, -0.1) is 0 Å². The van der Waals surface area contributed by atoms with Gasteiger partial charge in [0.05, 0.1) is 6.10 Å². The largest absolute Gasteiger partial charge is 0.463 e. The third-order valence-electron chi connectivity index (χ3n) is 2.31. The second-order valence-electron chi connectivity index (χ2n) is 4.90. The number of esters is 1. The van der Waals surface area contributed by atoms with Gasteiger partial charge in [0.1, 0.15) is 0 Å². The van der Waals surface area contributed by atoms with Crippen molar-refractivity contribution in [3.63, 3.8) is 0 Å². The minimum Gasteiger partial charge on any atom is -0.463 e. The maximum atomic E-state index is 11.2. The van der Waals surface area contributed by atoms with E-state index in [4.69, 9.17) is 4.74 Å². The Labute approximate surface area is 106 Å². The Morgan fingerprint density at radius 2 is 1.82 bits per heavy atom. The molecule has 0 aliphatic heterocycles. The molecule has 0 atom stereocenters. The van der Waals surface area contributed by atoms with Gasteiger partial charge in [-0.1, -0.05) is 0 Å². The first-order valence-corrected chi connectivity index (χ1v) is 6.57. The van der Waals surface area contributed by atoms with Gasteiger partial charge >= 0.3 is 5.97 Å². The molecule has 4 nitrogen and oxygen atoms in total. The van der Waals surface area contributed by atoms with Crippen molar-refractivity contribution in [2.24, 2.45) is 0 Å². The summed E-state index contributed by atoms with van der Waals surface area (Å²) in [7, 11) is 4.17. The van der Waals surface area contributed by atoms with Gasteiger partial charge in [-0.2, -0.15) is 0 Å². The van der Waals surface area contributed by atoms with Crippen molar-refractivity contribution in [2.45, 2.75) is 45.6 Å². The molecule has 0 aliphatic carbocycles. The van der Waals surface area contributed by atoms with Gasteiger partial charge in [0.25, 0.3) is 0 Å². The van der Waals surface area contributed by atoms with E-state index >= 15 is 0 Å². The highest BCUT2D eigenvalue weighted by Crippen LogP contribution is 1.99. The van der Waals surface area contributed by atoms with Gasteiger partial charge < -0.3 is 15.0 Å². The maximum absolute atomic E-state index is 11.2. The molecule has 1 N–H and O–H groups in total. The summed E-state index contributed by atoms with van der Waals surface area (Å²) in [4.78, 5) is 13.4. The molecule has 0 saturated carbocycles. The zero-order chi connectivity index (χ0) is 13.1. The second kappa shape index (κ2) is 10.5. The van der Waals surface area contributed by atoms with Crippen molar-refractivity contribution in [3.8, 4) is 0 Å². The smallest absolute Gasteiger partial charge is 0.306 e. The van der Waals surface area contributed by atoms with Crippen molar-refractivity contribution in [1.82, 2.24) is 10.2 Å². The number of nitrogens with one attached hydrogen (secondary N) is 1. The highest BCUT2D eigenvalue weighted by molar-refractivity contribution is 5.69. The van der Waals surface area contributed by atoms with E-state index < -0.39 is 0 Å². The van der Waals surface area contributed by atoms with Gasteiger partial charge in [0, 0.05) is 6.42 Å². The number of carbonyl (C=O) groups excluding carboxylic acids is 1. The fourth-order valence-electron chi connectivity index (χ4n) is 1.49. The lowest BCUT2D eigenvalue weighted by molar-refractivity contribution is -0.147. The van der Waals surface area contributed by atoms with Crippen LogP contribution in [0.2, 0.25) is 0 Å². The van der Waals surface area contributed by atoms with Crippen molar-refractivity contribution in [1.29, 1.82) is 0 Å². The molecule has 0 amide bonds. The van der Waals surface area contributed by atoms with E-state index in [-0.39, 0.29) is 12.1 Å². The summed E-state index contributed by atoms with van der Waals surface area (Å²) in [6.07, 6.45) is 3.66. The molecular formula is C13H28N2O2. The number of hydrogen-bond acceptors (Lipinski definition) is 4. The minimum absolute atomic E-state index is 0.00617. The topological polar surface area (TPSA) is 41.6 Å². The molecule has 0 aliphatic rings. The summed E-state index contributed by atoms with van der Waals surface area (Å²) in [5.41, 5.74) is 0. The highest BCUT2D eigenvalue weighted by atomic mass is 16.5. The van der Waals surface area contributed by atoms with Gasteiger partial charge in [0.15, 0.2) is 0 Å². The Bertz CT molecular complexity index is 194. The number of ether oxygens (including phenoxy) is 1. The Morgan fingerprint density at radius 3 is 2.41 bits per heavy atom. The lowest BCUT2D eigenvalue weighted by Crippen LogP contribution is -2.22. The highest BCUT2D eigenvalue weighted by Gasteiger charge is 2.04. The van der Waals surface area contributed by atoms with E-state index in [2.05, 4.69) is 24.3 Å². The first-order valence-electron chi connectivity index (χ1n) is 6.57. The average Bonchev–Trinajstić information content (AvgIpc) is 2.20. The summed E-state index contributed by atoms with van der Waals surface area (Å²) in [6, 6.07) is 0. The van der Waals surface area contributed by atoms with Crippen LogP contribution in [0.1, 0.15) is 39.5 Å². The van der Waals surface area contributed by atoms with Crippen LogP contribution < -0.4 is 5.32 Å². The van der Waals surface area contributed by atoms with Crippen LogP contribution in [0.5, 0.6) is 0 Å². The summed E-state index contributed by atoms with van der Waals surface area (Å²) in [6.45, 7) is 6.92. The lowest BCUT2D eigenvalue weighted by atomic mass is 10.2. The third kappa shape index (κ3) is 13.3. The van der Waals surface area contributed by atoms with Crippen LogP contribution in [-0.4, -0.2) is 50.7 Å². The second-order valence-corrected chi connectivity index (χ2v) is 4.90. The van der Waals surface area contributed by atoms with Gasteiger partial charge in [-0.3, -0.25) is 4.79 Å². The Morgan fingerprint density at radius 1 is 1.18 bits per heavy atom. The van der Waals surface area contributed by atoms with Crippen LogP contribution in [0.25, 0.3) is 0 Å². The van der Waals surface area contributed by atoms with E-state index in [9.17, 15) is 4.79 Å². The first kappa shape index (κ1) is 16.4. The Hall–Kier alpha value is -0.610. The number of unbranched alkanes of at least 4 members (excludes halogenated alkanes) is 1. The molecule has 102 valence electrons. The molecule has 0 fully saturated rings. The third-order valence-corrected chi connectivity index (χ3v) is 2.31. The summed E-state index contributed by atoms with van der Waals surface area (Å²) in [5.74, 6) is -0.0763. The van der Waals surface area contributed by atoms with E-state index in [1.807, 2.05) is 13.8 Å². The molecule has 0 rings (SSSR count). The van der Waals surface area contributed by atoms with Gasteiger partial charge in [-0.25, -0.2) is 0 Å². The standard InChI is InChI=1S/C13H28N2O2/c1-12(2)17-13(16)8-5-6-9-14-10-7-11-15(3)4/h12,14H,5-11H2,1-4H3. The molecule has 0 heterocycles. The Kier molecular flexibility index (Phi) is 10.2. The summed E-state index contributed by atoms with van der Waals surface area (Å²) >= 11 is 0. The van der Waals surface area contributed by atoms with Crippen molar-refractivity contribution in [3.05, 3.63) is 0 Å². The van der Waals surface area contributed by atoms with E-state index in [0.717, 1.165) is 32.5 Å². The van der Waals surface area contributed by atoms with Crippen LogP contribution in [0.15, 0.2) is 0 Å². The van der Waals surface area contributed by atoms with Crippen LogP contribution in [-0.2, 0) is 9.53 Å². The monoisotopic (exact) mass is 244 g/mol. The van der Waals surface area contributed by atoms with Crippen LogP contribution >= 0.6 is 0 Å². The molecular weight excluding hydrogens is 216 g/mol. The molecule has 0 aromatic heterocycles. The molecule has 4 heteroatoms. The van der Waals surface area contributed by atoms with Gasteiger partial charge in [0.2, 0.25) is 0 Å². The summed E-state index contributed by atoms with van der Waals surface area (Å²) < 4.78 is 5.06. The number of rotatable bonds is 10. The number of nitrogens with zero attached hydrogens (tertiary/aromatic N) is 1. The predicted molar refractivity (Wildman–Crippen MR) is 71.1 cm³/mol. The first-order chi connectivity index (χ1) is 8.02.